The van der Waals surface area contributed by atoms with Crippen molar-refractivity contribution in [2.75, 3.05) is 22.2 Å². The maximum Gasteiger partial charge on any atom is 0.150 e. The maximum atomic E-state index is 11.8. The van der Waals surface area contributed by atoms with Crippen molar-refractivity contribution < 1.29 is 8.42 Å². The fourth-order valence-corrected chi connectivity index (χ4v) is 7.06. The van der Waals surface area contributed by atoms with Crippen LogP contribution in [0.15, 0.2) is 22.8 Å². The lowest BCUT2D eigenvalue weighted by Gasteiger charge is -2.35. The second-order valence-corrected chi connectivity index (χ2v) is 9.64. The molecule has 2 heterocycles. The largest absolute Gasteiger partial charge is 0.260 e. The Bertz CT molecular complexity index is 555. The Hall–Kier alpha value is 0.540. The van der Waals surface area contributed by atoms with Crippen LogP contribution in [0, 0.1) is 11.3 Å². The maximum absolute atomic E-state index is 11.8. The molecule has 2 rings (SSSR count). The van der Waals surface area contributed by atoms with Crippen molar-refractivity contribution in [3.05, 3.63) is 28.5 Å². The molecule has 0 amide bonds. The minimum atomic E-state index is -2.87. The molecule has 0 aliphatic carbocycles. The van der Waals surface area contributed by atoms with E-state index in [4.69, 9.17) is 0 Å². The summed E-state index contributed by atoms with van der Waals surface area (Å²) in [6, 6.07) is 3.97. The molecule has 1 atom stereocenters. The fourth-order valence-electron chi connectivity index (χ4n) is 2.64. The summed E-state index contributed by atoms with van der Waals surface area (Å²) in [4.78, 5) is 4.43. The van der Waals surface area contributed by atoms with Crippen molar-refractivity contribution in [1.29, 1.82) is 0 Å². The van der Waals surface area contributed by atoms with Gasteiger partial charge in [-0.3, -0.25) is 4.98 Å². The molecule has 1 aromatic heterocycles. The van der Waals surface area contributed by atoms with Crippen LogP contribution in [0.4, 0.5) is 0 Å². The topological polar surface area (TPSA) is 47.0 Å². The molecule has 0 N–H and O–H groups in total. The highest BCUT2D eigenvalue weighted by molar-refractivity contribution is 9.10. The van der Waals surface area contributed by atoms with E-state index in [1.807, 2.05) is 12.1 Å². The minimum absolute atomic E-state index is 0.107. The van der Waals surface area contributed by atoms with Gasteiger partial charge in [-0.1, -0.05) is 31.9 Å². The highest BCUT2D eigenvalue weighted by Gasteiger charge is 2.43. The van der Waals surface area contributed by atoms with E-state index < -0.39 is 9.84 Å². The van der Waals surface area contributed by atoms with Crippen LogP contribution >= 0.6 is 47.8 Å². The lowest BCUT2D eigenvalue weighted by atomic mass is 9.75. The molecule has 7 heteroatoms. The molecular weight excluding hydrogens is 474 g/mol. The van der Waals surface area contributed by atoms with Crippen molar-refractivity contribution >= 4 is 57.6 Å². The van der Waals surface area contributed by atoms with Gasteiger partial charge in [0, 0.05) is 27.0 Å². The molecule has 1 aliphatic rings. The average molecular weight is 490 g/mol. The van der Waals surface area contributed by atoms with Gasteiger partial charge in [0.2, 0.25) is 0 Å². The fraction of sp³-hybridized carbons (Fsp3) is 0.615. The van der Waals surface area contributed by atoms with Gasteiger partial charge in [-0.25, -0.2) is 8.42 Å². The Morgan fingerprint density at radius 3 is 2.45 bits per heavy atom. The summed E-state index contributed by atoms with van der Waals surface area (Å²) < 4.78 is 24.5. The van der Waals surface area contributed by atoms with Gasteiger partial charge < -0.3 is 0 Å². The first-order chi connectivity index (χ1) is 9.41. The van der Waals surface area contributed by atoms with Gasteiger partial charge in [-0.05, 0) is 52.2 Å². The molecule has 0 spiro atoms. The van der Waals surface area contributed by atoms with Crippen LogP contribution in [-0.2, 0) is 16.3 Å². The number of halogens is 3. The lowest BCUT2D eigenvalue weighted by molar-refractivity contribution is 0.251. The number of alkyl halides is 2. The Balaban J connectivity index is 2.23. The van der Waals surface area contributed by atoms with E-state index in [2.05, 4.69) is 52.8 Å². The number of pyridine rings is 1. The zero-order valence-electron chi connectivity index (χ0n) is 10.9. The number of aromatic nitrogens is 1. The molecule has 0 aromatic carbocycles. The van der Waals surface area contributed by atoms with Crippen molar-refractivity contribution in [2.24, 2.45) is 11.3 Å². The molecular formula is C13H16Br3NO2S. The molecule has 1 saturated heterocycles. The zero-order chi connectivity index (χ0) is 14.8. The van der Waals surface area contributed by atoms with E-state index in [1.165, 1.54) is 0 Å². The number of nitrogens with zero attached hydrogens (tertiary/aromatic N) is 1. The average Bonchev–Trinajstić information content (AvgIpc) is 2.79. The van der Waals surface area contributed by atoms with Gasteiger partial charge in [-0.15, -0.1) is 0 Å². The van der Waals surface area contributed by atoms with E-state index >= 15 is 0 Å². The van der Waals surface area contributed by atoms with E-state index in [1.54, 1.807) is 6.20 Å². The van der Waals surface area contributed by atoms with Crippen molar-refractivity contribution in [2.45, 2.75) is 12.8 Å². The number of rotatable bonds is 5. The van der Waals surface area contributed by atoms with E-state index in [0.29, 0.717) is 11.5 Å². The van der Waals surface area contributed by atoms with Gasteiger partial charge in [0.05, 0.1) is 11.5 Å². The van der Waals surface area contributed by atoms with Crippen molar-refractivity contribution in [3.63, 3.8) is 0 Å². The van der Waals surface area contributed by atoms with E-state index in [-0.39, 0.29) is 11.3 Å². The van der Waals surface area contributed by atoms with Crippen LogP contribution < -0.4 is 0 Å². The number of hydrogen-bond donors (Lipinski definition) is 0. The number of hydrogen-bond acceptors (Lipinski definition) is 3. The summed E-state index contributed by atoms with van der Waals surface area (Å²) in [6.07, 6.45) is 3.31. The smallest absolute Gasteiger partial charge is 0.150 e. The van der Waals surface area contributed by atoms with Crippen LogP contribution in [0.3, 0.4) is 0 Å². The third-order valence-corrected chi connectivity index (χ3v) is 8.42. The quantitative estimate of drug-likeness (QED) is 0.594. The Morgan fingerprint density at radius 1 is 1.30 bits per heavy atom. The second-order valence-electron chi connectivity index (χ2n) is 5.37. The summed E-state index contributed by atoms with van der Waals surface area (Å²) in [7, 11) is -2.87. The van der Waals surface area contributed by atoms with Gasteiger partial charge in [-0.2, -0.15) is 0 Å². The molecule has 1 aliphatic heterocycles. The molecule has 20 heavy (non-hydrogen) atoms. The SMILES string of the molecule is O=S1(=O)CCC(C(CBr)(CBr)Cc2ccc(Br)cn2)C1. The van der Waals surface area contributed by atoms with E-state index in [0.717, 1.165) is 33.7 Å². The van der Waals surface area contributed by atoms with Crippen LogP contribution in [-0.4, -0.2) is 35.6 Å². The van der Waals surface area contributed by atoms with Gasteiger partial charge >= 0.3 is 0 Å². The highest BCUT2D eigenvalue weighted by atomic mass is 79.9. The van der Waals surface area contributed by atoms with Crippen molar-refractivity contribution in [1.82, 2.24) is 4.98 Å². The third kappa shape index (κ3) is 3.84. The Morgan fingerprint density at radius 2 is 2.00 bits per heavy atom. The first kappa shape index (κ1) is 16.9. The highest BCUT2D eigenvalue weighted by Crippen LogP contribution is 2.41. The zero-order valence-corrected chi connectivity index (χ0v) is 16.4. The molecule has 1 aromatic rings. The normalized spacial score (nSPS) is 22.1. The molecule has 112 valence electrons. The van der Waals surface area contributed by atoms with Crippen LogP contribution in [0.5, 0.6) is 0 Å². The number of sulfone groups is 1. The predicted octanol–water partition coefficient (Wildman–Crippen LogP) is 3.60. The standard InChI is InChI=1S/C13H16Br3NO2S/c14-8-13(9-15,10-3-4-20(18,19)7-10)5-12-2-1-11(16)6-17-12/h1-2,6,10H,3-5,7-9H2. The monoisotopic (exact) mass is 487 g/mol. The predicted molar refractivity (Wildman–Crippen MR) is 92.4 cm³/mol. The Kier molecular flexibility index (Phi) is 5.71. The minimum Gasteiger partial charge on any atom is -0.260 e. The summed E-state index contributed by atoms with van der Waals surface area (Å²) in [6.45, 7) is 0. The van der Waals surface area contributed by atoms with Gasteiger partial charge in [0.15, 0.2) is 9.84 Å². The third-order valence-electron chi connectivity index (χ3n) is 3.95. The molecule has 0 radical (unpaired) electrons. The van der Waals surface area contributed by atoms with Crippen molar-refractivity contribution in [3.8, 4) is 0 Å². The van der Waals surface area contributed by atoms with E-state index in [9.17, 15) is 8.42 Å². The second kappa shape index (κ2) is 6.75. The molecule has 1 fully saturated rings. The molecule has 0 bridgehead atoms. The molecule has 0 saturated carbocycles. The van der Waals surface area contributed by atoms with Crippen LogP contribution in [0.1, 0.15) is 12.1 Å². The molecule has 3 nitrogen and oxygen atoms in total. The summed E-state index contributed by atoms with van der Waals surface area (Å²) in [5.74, 6) is 0.783. The lowest BCUT2D eigenvalue weighted by Crippen LogP contribution is -2.37. The summed E-state index contributed by atoms with van der Waals surface area (Å²) in [5, 5.41) is 1.53. The van der Waals surface area contributed by atoms with Crippen LogP contribution in [0.25, 0.3) is 0 Å². The molecule has 1 unspecified atom stereocenters. The van der Waals surface area contributed by atoms with Gasteiger partial charge in [0.25, 0.3) is 0 Å². The summed E-state index contributed by atoms with van der Waals surface area (Å²) >= 11 is 10.6. The first-order valence-electron chi connectivity index (χ1n) is 6.33. The Labute approximate surface area is 145 Å². The van der Waals surface area contributed by atoms with Crippen LogP contribution in [0.2, 0.25) is 0 Å². The van der Waals surface area contributed by atoms with Gasteiger partial charge in [0.1, 0.15) is 0 Å². The first-order valence-corrected chi connectivity index (χ1v) is 11.2. The summed E-state index contributed by atoms with van der Waals surface area (Å²) in [5.41, 5.74) is 0.890.